The zero-order valence-electron chi connectivity index (χ0n) is 10.8. The highest BCUT2D eigenvalue weighted by atomic mass is 35.5. The summed E-state index contributed by atoms with van der Waals surface area (Å²) in [5, 5.41) is 5.18. The van der Waals surface area contributed by atoms with Gasteiger partial charge in [0.15, 0.2) is 0 Å². The fourth-order valence-electron chi connectivity index (χ4n) is 2.80. The Labute approximate surface area is 117 Å². The molecule has 2 atom stereocenters. The highest BCUT2D eigenvalue weighted by Gasteiger charge is 2.37. The van der Waals surface area contributed by atoms with Gasteiger partial charge in [0.2, 0.25) is 5.91 Å². The van der Waals surface area contributed by atoms with E-state index in [1.807, 2.05) is 29.2 Å². The molecule has 0 aliphatic carbocycles. The van der Waals surface area contributed by atoms with Crippen LogP contribution in [-0.2, 0) is 4.79 Å². The van der Waals surface area contributed by atoms with Gasteiger partial charge in [0.1, 0.15) is 0 Å². The number of carbonyl (C=O) groups excluding carboxylic acids is 1. The SMILES string of the molecule is CC(=O)N1CC[C@H]2NN=C(c3ccc(Cl)cc3)[C@H]2C1. The van der Waals surface area contributed by atoms with E-state index in [4.69, 9.17) is 11.6 Å². The average molecular weight is 278 g/mol. The molecule has 3 rings (SSSR count). The molecule has 1 aromatic carbocycles. The van der Waals surface area contributed by atoms with Gasteiger partial charge in [-0.05, 0) is 24.1 Å². The molecule has 1 aromatic rings. The molecule has 0 unspecified atom stereocenters. The number of carbonyl (C=O) groups is 1. The molecular formula is C14H16ClN3O. The minimum atomic E-state index is 0.140. The van der Waals surface area contributed by atoms with Crippen LogP contribution in [0.25, 0.3) is 0 Å². The summed E-state index contributed by atoms with van der Waals surface area (Å²) < 4.78 is 0. The van der Waals surface area contributed by atoms with E-state index in [0.29, 0.717) is 6.04 Å². The van der Waals surface area contributed by atoms with E-state index in [1.165, 1.54) is 0 Å². The van der Waals surface area contributed by atoms with Crippen LogP contribution in [0.1, 0.15) is 18.9 Å². The second kappa shape index (κ2) is 4.85. The summed E-state index contributed by atoms with van der Waals surface area (Å²) in [6, 6.07) is 8.06. The highest BCUT2D eigenvalue weighted by molar-refractivity contribution is 6.30. The number of nitrogens with one attached hydrogen (secondary N) is 1. The fraction of sp³-hybridized carbons (Fsp3) is 0.429. The predicted octanol–water partition coefficient (Wildman–Crippen LogP) is 1.88. The summed E-state index contributed by atoms with van der Waals surface area (Å²) in [4.78, 5) is 13.4. The average Bonchev–Trinajstić information content (AvgIpc) is 2.82. The summed E-state index contributed by atoms with van der Waals surface area (Å²) in [5.41, 5.74) is 5.31. The molecule has 1 N–H and O–H groups in total. The van der Waals surface area contributed by atoms with Crippen LogP contribution in [0.5, 0.6) is 0 Å². The molecule has 1 fully saturated rings. The van der Waals surface area contributed by atoms with Crippen molar-refractivity contribution in [2.24, 2.45) is 11.0 Å². The summed E-state index contributed by atoms with van der Waals surface area (Å²) in [6.07, 6.45) is 0.949. The number of nitrogens with zero attached hydrogens (tertiary/aromatic N) is 2. The van der Waals surface area contributed by atoms with Gasteiger partial charge >= 0.3 is 0 Å². The van der Waals surface area contributed by atoms with Crippen molar-refractivity contribution in [3.8, 4) is 0 Å². The molecule has 5 heteroatoms. The van der Waals surface area contributed by atoms with Crippen LogP contribution in [0.15, 0.2) is 29.4 Å². The summed E-state index contributed by atoms with van der Waals surface area (Å²) in [5.74, 6) is 0.416. The Kier molecular flexibility index (Phi) is 3.19. The van der Waals surface area contributed by atoms with Crippen molar-refractivity contribution in [1.29, 1.82) is 0 Å². The Bertz CT molecular complexity index is 526. The first-order chi connectivity index (χ1) is 9.15. The molecule has 0 aromatic heterocycles. The normalized spacial score (nSPS) is 25.6. The van der Waals surface area contributed by atoms with Crippen molar-refractivity contribution in [2.75, 3.05) is 13.1 Å². The number of hydrazone groups is 1. The van der Waals surface area contributed by atoms with Gasteiger partial charge in [-0.25, -0.2) is 0 Å². The Morgan fingerprint density at radius 1 is 1.42 bits per heavy atom. The maximum atomic E-state index is 11.5. The number of piperidine rings is 1. The van der Waals surface area contributed by atoms with Crippen molar-refractivity contribution >= 4 is 23.2 Å². The van der Waals surface area contributed by atoms with Crippen molar-refractivity contribution in [3.63, 3.8) is 0 Å². The number of fused-ring (bicyclic) bond motifs is 1. The first-order valence-electron chi connectivity index (χ1n) is 6.49. The Hall–Kier alpha value is -1.55. The van der Waals surface area contributed by atoms with Crippen LogP contribution in [0, 0.1) is 5.92 Å². The largest absolute Gasteiger partial charge is 0.342 e. The second-order valence-corrected chi connectivity index (χ2v) is 5.54. The Morgan fingerprint density at radius 2 is 2.16 bits per heavy atom. The van der Waals surface area contributed by atoms with E-state index in [2.05, 4.69) is 10.5 Å². The van der Waals surface area contributed by atoms with E-state index >= 15 is 0 Å². The lowest BCUT2D eigenvalue weighted by Gasteiger charge is -2.34. The maximum Gasteiger partial charge on any atom is 0.219 e. The van der Waals surface area contributed by atoms with E-state index in [1.54, 1.807) is 6.92 Å². The topological polar surface area (TPSA) is 44.7 Å². The third-order valence-corrected chi connectivity index (χ3v) is 4.15. The quantitative estimate of drug-likeness (QED) is 0.852. The fourth-order valence-corrected chi connectivity index (χ4v) is 2.93. The smallest absolute Gasteiger partial charge is 0.219 e. The molecule has 4 nitrogen and oxygen atoms in total. The molecule has 19 heavy (non-hydrogen) atoms. The van der Waals surface area contributed by atoms with Crippen LogP contribution in [0.3, 0.4) is 0 Å². The van der Waals surface area contributed by atoms with Gasteiger partial charge in [-0.2, -0.15) is 5.10 Å². The lowest BCUT2D eigenvalue weighted by molar-refractivity contribution is -0.130. The van der Waals surface area contributed by atoms with Gasteiger partial charge in [-0.15, -0.1) is 0 Å². The van der Waals surface area contributed by atoms with E-state index in [-0.39, 0.29) is 11.8 Å². The van der Waals surface area contributed by atoms with Gasteiger partial charge in [-0.3, -0.25) is 4.79 Å². The number of likely N-dealkylation sites (tertiary alicyclic amines) is 1. The minimum absolute atomic E-state index is 0.140. The Balaban J connectivity index is 1.83. The van der Waals surface area contributed by atoms with Crippen LogP contribution < -0.4 is 5.43 Å². The zero-order valence-corrected chi connectivity index (χ0v) is 11.5. The summed E-state index contributed by atoms with van der Waals surface area (Å²) in [7, 11) is 0. The predicted molar refractivity (Wildman–Crippen MR) is 75.3 cm³/mol. The molecule has 2 heterocycles. The molecule has 2 aliphatic heterocycles. The standard InChI is InChI=1S/C14H16ClN3O/c1-9(19)18-7-6-13-12(8-18)14(17-16-13)10-2-4-11(15)5-3-10/h2-5,12-13,16H,6-8H2,1H3/t12-,13+/m0/s1. The minimum Gasteiger partial charge on any atom is -0.342 e. The van der Waals surface area contributed by atoms with Crippen LogP contribution in [-0.4, -0.2) is 35.7 Å². The van der Waals surface area contributed by atoms with Crippen molar-refractivity contribution in [3.05, 3.63) is 34.9 Å². The summed E-state index contributed by atoms with van der Waals surface area (Å²) >= 11 is 5.91. The molecule has 0 radical (unpaired) electrons. The van der Waals surface area contributed by atoms with E-state index in [9.17, 15) is 4.79 Å². The number of rotatable bonds is 1. The van der Waals surface area contributed by atoms with Gasteiger partial charge in [0.05, 0.1) is 11.8 Å². The van der Waals surface area contributed by atoms with Gasteiger partial charge < -0.3 is 10.3 Å². The molecule has 1 amide bonds. The molecule has 0 saturated carbocycles. The molecule has 0 spiro atoms. The molecular weight excluding hydrogens is 262 g/mol. The van der Waals surface area contributed by atoms with Gasteiger partial charge in [0, 0.05) is 31.0 Å². The van der Waals surface area contributed by atoms with Crippen LogP contribution >= 0.6 is 11.6 Å². The van der Waals surface area contributed by atoms with Crippen molar-refractivity contribution in [1.82, 2.24) is 10.3 Å². The molecule has 0 bridgehead atoms. The van der Waals surface area contributed by atoms with Crippen LogP contribution in [0.2, 0.25) is 5.02 Å². The number of amides is 1. The highest BCUT2D eigenvalue weighted by Crippen LogP contribution is 2.26. The van der Waals surface area contributed by atoms with E-state index in [0.717, 1.165) is 35.8 Å². The third-order valence-electron chi connectivity index (χ3n) is 3.90. The van der Waals surface area contributed by atoms with Crippen LogP contribution in [0.4, 0.5) is 0 Å². The number of halogens is 1. The zero-order chi connectivity index (χ0) is 13.4. The Morgan fingerprint density at radius 3 is 2.84 bits per heavy atom. The second-order valence-electron chi connectivity index (χ2n) is 5.10. The third kappa shape index (κ3) is 2.32. The molecule has 2 aliphatic rings. The van der Waals surface area contributed by atoms with Gasteiger partial charge in [0.25, 0.3) is 0 Å². The van der Waals surface area contributed by atoms with Crippen molar-refractivity contribution in [2.45, 2.75) is 19.4 Å². The number of hydrogen-bond acceptors (Lipinski definition) is 3. The lowest BCUT2D eigenvalue weighted by Crippen LogP contribution is -2.48. The lowest BCUT2D eigenvalue weighted by atomic mass is 9.86. The monoisotopic (exact) mass is 277 g/mol. The first kappa shape index (κ1) is 12.5. The molecule has 100 valence electrons. The maximum absolute atomic E-state index is 11.5. The van der Waals surface area contributed by atoms with Gasteiger partial charge in [-0.1, -0.05) is 23.7 Å². The van der Waals surface area contributed by atoms with E-state index < -0.39 is 0 Å². The summed E-state index contributed by atoms with van der Waals surface area (Å²) in [6.45, 7) is 3.18. The molecule has 1 saturated heterocycles. The first-order valence-corrected chi connectivity index (χ1v) is 6.87. The number of benzene rings is 1. The van der Waals surface area contributed by atoms with Crippen molar-refractivity contribution < 1.29 is 4.79 Å². The number of hydrogen-bond donors (Lipinski definition) is 1.